The number of likely N-dealkylation sites (tertiary alicyclic amines) is 1. The van der Waals surface area contributed by atoms with Gasteiger partial charge in [0.2, 0.25) is 11.8 Å². The number of hydrogen-bond acceptors (Lipinski definition) is 9. The molecular weight excluding hydrogens is 565 g/mol. The van der Waals surface area contributed by atoms with Gasteiger partial charge in [-0.2, -0.15) is 0 Å². The number of nitrogens with one attached hydrogen (secondary N) is 1. The van der Waals surface area contributed by atoms with Gasteiger partial charge in [0.05, 0.1) is 30.2 Å². The van der Waals surface area contributed by atoms with Crippen molar-refractivity contribution in [3.63, 3.8) is 0 Å². The number of anilines is 2. The van der Waals surface area contributed by atoms with Crippen molar-refractivity contribution < 1.29 is 23.4 Å². The molecule has 1 saturated heterocycles. The number of halogens is 1. The molecule has 0 atom stereocenters. The molecule has 5 aromatic rings. The van der Waals surface area contributed by atoms with Gasteiger partial charge in [0.1, 0.15) is 29.8 Å². The van der Waals surface area contributed by atoms with Crippen molar-refractivity contribution in [3.05, 3.63) is 91.4 Å². The van der Waals surface area contributed by atoms with Crippen molar-refractivity contribution in [1.82, 2.24) is 29.6 Å². The third-order valence-electron chi connectivity index (χ3n) is 7.28. The zero-order chi connectivity index (χ0) is 30.6. The van der Waals surface area contributed by atoms with Crippen LogP contribution in [0.3, 0.4) is 0 Å². The highest BCUT2D eigenvalue weighted by Crippen LogP contribution is 2.37. The Morgan fingerprint density at radius 3 is 2.64 bits per heavy atom. The summed E-state index contributed by atoms with van der Waals surface area (Å²) in [6.07, 6.45) is 7.40. The molecule has 1 aliphatic rings. The minimum Gasteiger partial charge on any atom is -0.493 e. The second-order valence-corrected chi connectivity index (χ2v) is 10.2. The SMILES string of the molecule is C=CC(=O)N1CCC(Oc2cc3c(Nc4ccc(Oc5ccn(-c6ccc(C)nc6)n5)cc4F)ncnc3cc2OC)CC1. The molecule has 12 heteroatoms. The summed E-state index contributed by atoms with van der Waals surface area (Å²) < 4.78 is 34.6. The van der Waals surface area contributed by atoms with Crippen LogP contribution in [0.1, 0.15) is 18.5 Å². The van der Waals surface area contributed by atoms with Gasteiger partial charge in [0.15, 0.2) is 11.5 Å². The molecule has 44 heavy (non-hydrogen) atoms. The molecule has 1 N–H and O–H groups in total. The van der Waals surface area contributed by atoms with E-state index in [2.05, 4.69) is 31.9 Å². The summed E-state index contributed by atoms with van der Waals surface area (Å²) in [7, 11) is 1.56. The lowest BCUT2D eigenvalue weighted by atomic mass is 10.1. The first-order valence-corrected chi connectivity index (χ1v) is 14.0. The Kier molecular flexibility index (Phi) is 8.04. The first kappa shape index (κ1) is 28.6. The zero-order valence-electron chi connectivity index (χ0n) is 24.2. The topological polar surface area (TPSA) is 117 Å². The molecule has 0 unspecified atom stereocenters. The van der Waals surface area contributed by atoms with E-state index in [-0.39, 0.29) is 23.4 Å². The largest absolute Gasteiger partial charge is 0.493 e. The van der Waals surface area contributed by atoms with Gasteiger partial charge in [-0.15, -0.1) is 5.10 Å². The molecule has 2 aromatic carbocycles. The van der Waals surface area contributed by atoms with E-state index < -0.39 is 5.82 Å². The van der Waals surface area contributed by atoms with Crippen LogP contribution in [0.4, 0.5) is 15.9 Å². The number of hydrogen-bond donors (Lipinski definition) is 1. The standard InChI is InChI=1S/C32H30FN7O4/c1-4-31(41)39-12-9-22(10-13-39)43-29-16-24-27(17-28(29)42-3)35-19-36-32(24)37-26-8-7-23(15-25(26)33)44-30-11-14-40(38-30)21-6-5-20(2)34-18-21/h4-8,11,14-19,22H,1,9-10,12-13H2,2-3H3,(H,35,36,37). The maximum atomic E-state index is 15.3. The fourth-order valence-electron chi connectivity index (χ4n) is 4.93. The molecule has 6 rings (SSSR count). The normalized spacial score (nSPS) is 13.5. The van der Waals surface area contributed by atoms with Crippen LogP contribution in [0.25, 0.3) is 16.6 Å². The molecule has 0 bridgehead atoms. The minimum absolute atomic E-state index is 0.0851. The highest BCUT2D eigenvalue weighted by molar-refractivity contribution is 5.93. The molecule has 0 aliphatic carbocycles. The average Bonchev–Trinajstić information content (AvgIpc) is 3.51. The number of fused-ring (bicyclic) bond motifs is 1. The highest BCUT2D eigenvalue weighted by atomic mass is 19.1. The fraction of sp³-hybridized carbons (Fsp3) is 0.219. The number of ether oxygens (including phenoxy) is 3. The van der Waals surface area contributed by atoms with Gasteiger partial charge in [-0.3, -0.25) is 9.78 Å². The Hall–Kier alpha value is -5.52. The summed E-state index contributed by atoms with van der Waals surface area (Å²) in [6.45, 7) is 6.62. The van der Waals surface area contributed by atoms with Crippen molar-refractivity contribution in [2.24, 2.45) is 0 Å². The summed E-state index contributed by atoms with van der Waals surface area (Å²) >= 11 is 0. The van der Waals surface area contributed by atoms with Gasteiger partial charge >= 0.3 is 0 Å². The number of nitrogens with zero attached hydrogens (tertiary/aromatic N) is 6. The van der Waals surface area contributed by atoms with Crippen LogP contribution in [0, 0.1) is 12.7 Å². The predicted molar refractivity (Wildman–Crippen MR) is 162 cm³/mol. The van der Waals surface area contributed by atoms with Crippen molar-refractivity contribution in [3.8, 4) is 28.8 Å². The number of carbonyl (C=O) groups is 1. The van der Waals surface area contributed by atoms with Crippen LogP contribution in [-0.2, 0) is 4.79 Å². The Morgan fingerprint density at radius 2 is 1.91 bits per heavy atom. The molecule has 11 nitrogen and oxygen atoms in total. The van der Waals surface area contributed by atoms with E-state index in [9.17, 15) is 4.79 Å². The maximum Gasteiger partial charge on any atom is 0.245 e. The van der Waals surface area contributed by atoms with E-state index in [0.29, 0.717) is 60.0 Å². The number of pyridine rings is 1. The van der Waals surface area contributed by atoms with Crippen molar-refractivity contribution in [2.45, 2.75) is 25.9 Å². The first-order valence-electron chi connectivity index (χ1n) is 14.0. The van der Waals surface area contributed by atoms with Gasteiger partial charge in [0, 0.05) is 61.4 Å². The van der Waals surface area contributed by atoms with Gasteiger partial charge < -0.3 is 24.4 Å². The molecule has 1 aliphatic heterocycles. The number of methoxy groups -OCH3 is 1. The minimum atomic E-state index is -0.540. The molecule has 0 saturated carbocycles. The summed E-state index contributed by atoms with van der Waals surface area (Å²) in [5, 5.41) is 8.09. The van der Waals surface area contributed by atoms with Crippen LogP contribution in [0.5, 0.6) is 23.1 Å². The Morgan fingerprint density at radius 1 is 1.07 bits per heavy atom. The lowest BCUT2D eigenvalue weighted by molar-refractivity contribution is -0.127. The smallest absolute Gasteiger partial charge is 0.245 e. The van der Waals surface area contributed by atoms with Crippen molar-refractivity contribution >= 4 is 28.3 Å². The van der Waals surface area contributed by atoms with Gasteiger partial charge in [-0.25, -0.2) is 19.0 Å². The molecule has 3 aromatic heterocycles. The molecule has 224 valence electrons. The Labute approximate surface area is 252 Å². The number of aromatic nitrogens is 5. The van der Waals surface area contributed by atoms with Crippen molar-refractivity contribution in [1.29, 1.82) is 0 Å². The van der Waals surface area contributed by atoms with E-state index >= 15 is 4.39 Å². The second kappa shape index (κ2) is 12.4. The molecule has 4 heterocycles. The Bertz CT molecular complexity index is 1820. The quantitative estimate of drug-likeness (QED) is 0.212. The Balaban J connectivity index is 1.18. The van der Waals surface area contributed by atoms with Gasteiger partial charge in [0.25, 0.3) is 0 Å². The van der Waals surface area contributed by atoms with Crippen LogP contribution in [0.15, 0.2) is 79.9 Å². The maximum absolute atomic E-state index is 15.3. The molecule has 1 fully saturated rings. The summed E-state index contributed by atoms with van der Waals surface area (Å²) in [4.78, 5) is 26.7. The van der Waals surface area contributed by atoms with Crippen LogP contribution in [-0.4, -0.2) is 61.8 Å². The number of piperidine rings is 1. The number of rotatable bonds is 9. The second-order valence-electron chi connectivity index (χ2n) is 10.2. The highest BCUT2D eigenvalue weighted by Gasteiger charge is 2.24. The lowest BCUT2D eigenvalue weighted by Crippen LogP contribution is -2.41. The van der Waals surface area contributed by atoms with E-state index in [1.54, 1.807) is 59.4 Å². The van der Waals surface area contributed by atoms with E-state index in [0.717, 1.165) is 11.4 Å². The van der Waals surface area contributed by atoms with Gasteiger partial charge in [-0.1, -0.05) is 6.58 Å². The van der Waals surface area contributed by atoms with Crippen LogP contribution < -0.4 is 19.5 Å². The van der Waals surface area contributed by atoms with E-state index in [4.69, 9.17) is 14.2 Å². The van der Waals surface area contributed by atoms with Gasteiger partial charge in [-0.05, 0) is 43.3 Å². The first-order chi connectivity index (χ1) is 21.4. The van der Waals surface area contributed by atoms with Crippen LogP contribution in [0.2, 0.25) is 0 Å². The number of carbonyl (C=O) groups excluding carboxylic acids is 1. The number of benzene rings is 2. The van der Waals surface area contributed by atoms with E-state index in [1.165, 1.54) is 18.5 Å². The fourth-order valence-corrected chi connectivity index (χ4v) is 4.93. The molecule has 0 radical (unpaired) electrons. The summed E-state index contributed by atoms with van der Waals surface area (Å²) in [5.41, 5.74) is 2.48. The predicted octanol–water partition coefficient (Wildman–Crippen LogP) is 5.76. The third kappa shape index (κ3) is 6.14. The van der Waals surface area contributed by atoms with E-state index in [1.807, 2.05) is 19.1 Å². The number of amides is 1. The molecular formula is C32H30FN7O4. The third-order valence-corrected chi connectivity index (χ3v) is 7.28. The molecule has 0 spiro atoms. The molecule has 1 amide bonds. The zero-order valence-corrected chi connectivity index (χ0v) is 24.2. The average molecular weight is 596 g/mol. The number of aryl methyl sites for hydroxylation is 1. The summed E-state index contributed by atoms with van der Waals surface area (Å²) in [6, 6.07) is 13.5. The van der Waals surface area contributed by atoms with Crippen molar-refractivity contribution in [2.75, 3.05) is 25.5 Å². The lowest BCUT2D eigenvalue weighted by Gasteiger charge is -2.31. The van der Waals surface area contributed by atoms with Crippen LogP contribution >= 0.6 is 0 Å². The summed E-state index contributed by atoms with van der Waals surface area (Å²) in [5.74, 6) is 1.39. The monoisotopic (exact) mass is 595 g/mol.